The van der Waals surface area contributed by atoms with Gasteiger partial charge in [-0.25, -0.2) is 0 Å². The maximum atomic E-state index is 10.5. The van der Waals surface area contributed by atoms with Crippen LogP contribution in [0, 0.1) is 10.1 Å². The Morgan fingerprint density at radius 1 is 1.64 bits per heavy atom. The number of nitro groups is 1. The van der Waals surface area contributed by atoms with Crippen molar-refractivity contribution in [2.75, 3.05) is 12.4 Å². The van der Waals surface area contributed by atoms with E-state index in [0.717, 1.165) is 0 Å². The zero-order valence-corrected chi connectivity index (χ0v) is 8.30. The molecule has 0 radical (unpaired) electrons. The summed E-state index contributed by atoms with van der Waals surface area (Å²) in [5.41, 5.74) is 6.57. The first-order valence-corrected chi connectivity index (χ1v) is 4.23. The molecular weight excluding hydrogens is 202 g/mol. The number of anilines is 1. The number of hydrogen-bond acceptors (Lipinski definition) is 4. The van der Waals surface area contributed by atoms with Crippen LogP contribution in [0.3, 0.4) is 0 Å². The molecule has 1 aromatic carbocycles. The molecule has 0 aliphatic carbocycles. The highest BCUT2D eigenvalue weighted by atomic mass is 32.1. The van der Waals surface area contributed by atoms with Gasteiger partial charge in [-0.15, -0.1) is 0 Å². The average molecular weight is 211 g/mol. The Labute approximate surface area is 86.1 Å². The molecule has 0 heterocycles. The van der Waals surface area contributed by atoms with Gasteiger partial charge in [0, 0.05) is 30.4 Å². The van der Waals surface area contributed by atoms with Gasteiger partial charge in [0.25, 0.3) is 5.69 Å². The molecule has 0 fully saturated rings. The van der Waals surface area contributed by atoms with Gasteiger partial charge in [0.15, 0.2) is 0 Å². The fraction of sp³-hybridized carbons (Fsp3) is 0.125. The molecular formula is C8H9N3O2S. The second-order valence-electron chi connectivity index (χ2n) is 2.60. The molecule has 0 bridgehead atoms. The number of non-ortho nitro benzene ring substituents is 1. The largest absolute Gasteiger partial charge is 0.389 e. The van der Waals surface area contributed by atoms with Crippen molar-refractivity contribution in [3.8, 4) is 0 Å². The first-order chi connectivity index (χ1) is 6.56. The predicted molar refractivity (Wildman–Crippen MR) is 58.5 cm³/mol. The molecule has 0 atom stereocenters. The number of nitrogens with zero attached hydrogens (tertiary/aromatic N) is 1. The van der Waals surface area contributed by atoms with Crippen LogP contribution in [0.1, 0.15) is 5.56 Å². The minimum atomic E-state index is -0.485. The SMILES string of the molecule is CNc1ccc([N+](=O)[O-])cc1C(N)=S. The minimum Gasteiger partial charge on any atom is -0.389 e. The van der Waals surface area contributed by atoms with Crippen LogP contribution in [0.4, 0.5) is 11.4 Å². The van der Waals surface area contributed by atoms with Crippen molar-refractivity contribution < 1.29 is 4.92 Å². The molecule has 1 rings (SSSR count). The number of hydrogen-bond donors (Lipinski definition) is 2. The van der Waals surface area contributed by atoms with Crippen molar-refractivity contribution in [1.29, 1.82) is 0 Å². The van der Waals surface area contributed by atoms with Gasteiger partial charge in [-0.3, -0.25) is 10.1 Å². The lowest BCUT2D eigenvalue weighted by atomic mass is 10.1. The zero-order chi connectivity index (χ0) is 10.7. The molecule has 0 aliphatic rings. The number of nitrogens with two attached hydrogens (primary N) is 1. The number of nitro benzene ring substituents is 1. The molecule has 0 amide bonds. The summed E-state index contributed by atoms with van der Waals surface area (Å²) in [5, 5.41) is 13.3. The van der Waals surface area contributed by atoms with Crippen molar-refractivity contribution in [3.63, 3.8) is 0 Å². The summed E-state index contributed by atoms with van der Waals surface area (Å²) in [4.78, 5) is 10.1. The van der Waals surface area contributed by atoms with E-state index in [1.54, 1.807) is 13.1 Å². The predicted octanol–water partition coefficient (Wildman–Crippen LogP) is 1.27. The van der Waals surface area contributed by atoms with Crippen molar-refractivity contribution in [2.45, 2.75) is 0 Å². The summed E-state index contributed by atoms with van der Waals surface area (Å²) in [6, 6.07) is 4.33. The van der Waals surface area contributed by atoms with E-state index in [9.17, 15) is 10.1 Å². The minimum absolute atomic E-state index is 0.0215. The first kappa shape index (κ1) is 10.4. The smallest absolute Gasteiger partial charge is 0.270 e. The third-order valence-electron chi connectivity index (χ3n) is 1.75. The molecule has 0 saturated heterocycles. The van der Waals surface area contributed by atoms with E-state index >= 15 is 0 Å². The van der Waals surface area contributed by atoms with Crippen molar-refractivity contribution >= 4 is 28.6 Å². The maximum absolute atomic E-state index is 10.5. The Hall–Kier alpha value is -1.69. The van der Waals surface area contributed by atoms with Crippen LogP contribution in [-0.4, -0.2) is 17.0 Å². The van der Waals surface area contributed by atoms with Crippen LogP contribution in [0.2, 0.25) is 0 Å². The van der Waals surface area contributed by atoms with E-state index < -0.39 is 4.92 Å². The van der Waals surface area contributed by atoms with Crippen molar-refractivity contribution in [2.24, 2.45) is 5.73 Å². The van der Waals surface area contributed by atoms with Crippen LogP contribution >= 0.6 is 12.2 Å². The van der Waals surface area contributed by atoms with Gasteiger partial charge in [-0.2, -0.15) is 0 Å². The van der Waals surface area contributed by atoms with Crippen molar-refractivity contribution in [1.82, 2.24) is 0 Å². The Morgan fingerprint density at radius 3 is 2.71 bits per heavy atom. The average Bonchev–Trinajstić information content (AvgIpc) is 2.16. The van der Waals surface area contributed by atoms with Crippen LogP contribution in [0.25, 0.3) is 0 Å². The second kappa shape index (κ2) is 4.01. The lowest BCUT2D eigenvalue weighted by molar-refractivity contribution is -0.384. The molecule has 74 valence electrons. The van der Waals surface area contributed by atoms with Crippen LogP contribution in [0.15, 0.2) is 18.2 Å². The summed E-state index contributed by atoms with van der Waals surface area (Å²) < 4.78 is 0. The fourth-order valence-electron chi connectivity index (χ4n) is 1.07. The Kier molecular flexibility index (Phi) is 2.98. The molecule has 0 aromatic heterocycles. The van der Waals surface area contributed by atoms with Crippen LogP contribution < -0.4 is 11.1 Å². The van der Waals surface area contributed by atoms with Crippen LogP contribution in [0.5, 0.6) is 0 Å². The highest BCUT2D eigenvalue weighted by Crippen LogP contribution is 2.21. The molecule has 0 saturated carbocycles. The van der Waals surface area contributed by atoms with E-state index in [1.165, 1.54) is 12.1 Å². The summed E-state index contributed by atoms with van der Waals surface area (Å²) in [5.74, 6) is 0. The maximum Gasteiger partial charge on any atom is 0.270 e. The second-order valence-corrected chi connectivity index (χ2v) is 3.04. The van der Waals surface area contributed by atoms with Gasteiger partial charge in [-0.1, -0.05) is 12.2 Å². The molecule has 6 heteroatoms. The first-order valence-electron chi connectivity index (χ1n) is 3.82. The highest BCUT2D eigenvalue weighted by Gasteiger charge is 2.11. The normalized spacial score (nSPS) is 9.50. The van der Waals surface area contributed by atoms with E-state index in [4.69, 9.17) is 18.0 Å². The fourth-order valence-corrected chi connectivity index (χ4v) is 1.24. The monoisotopic (exact) mass is 211 g/mol. The molecule has 1 aromatic rings. The quantitative estimate of drug-likeness (QED) is 0.447. The van der Waals surface area contributed by atoms with Crippen LogP contribution in [-0.2, 0) is 0 Å². The molecule has 0 aliphatic heterocycles. The Balaban J connectivity index is 3.27. The van der Waals surface area contributed by atoms with E-state index in [2.05, 4.69) is 5.32 Å². The molecule has 3 N–H and O–H groups in total. The molecule has 0 unspecified atom stereocenters. The third-order valence-corrected chi connectivity index (χ3v) is 1.97. The van der Waals surface area contributed by atoms with E-state index in [1.807, 2.05) is 0 Å². The summed E-state index contributed by atoms with van der Waals surface area (Å²) >= 11 is 4.78. The van der Waals surface area contributed by atoms with Gasteiger partial charge in [-0.05, 0) is 6.07 Å². The summed E-state index contributed by atoms with van der Waals surface area (Å²) in [6.45, 7) is 0. The van der Waals surface area contributed by atoms with Gasteiger partial charge in [0.05, 0.1) is 4.92 Å². The lowest BCUT2D eigenvalue weighted by Gasteiger charge is -2.06. The summed E-state index contributed by atoms with van der Waals surface area (Å²) in [6.07, 6.45) is 0. The molecule has 0 spiro atoms. The van der Waals surface area contributed by atoms with Gasteiger partial charge >= 0.3 is 0 Å². The number of rotatable bonds is 3. The molecule has 5 nitrogen and oxygen atoms in total. The Bertz CT molecular complexity index is 392. The highest BCUT2D eigenvalue weighted by molar-refractivity contribution is 7.80. The standard InChI is InChI=1S/C8H9N3O2S/c1-10-7-3-2-5(11(12)13)4-6(7)8(9)14/h2-4,10H,1H3,(H2,9,14). The van der Waals surface area contributed by atoms with Crippen molar-refractivity contribution in [3.05, 3.63) is 33.9 Å². The van der Waals surface area contributed by atoms with E-state index in [-0.39, 0.29) is 10.7 Å². The molecule has 14 heavy (non-hydrogen) atoms. The number of benzene rings is 1. The zero-order valence-electron chi connectivity index (χ0n) is 7.48. The number of nitrogens with one attached hydrogen (secondary N) is 1. The topological polar surface area (TPSA) is 81.2 Å². The van der Waals surface area contributed by atoms with E-state index in [0.29, 0.717) is 11.3 Å². The third kappa shape index (κ3) is 1.97. The Morgan fingerprint density at radius 2 is 2.29 bits per heavy atom. The summed E-state index contributed by atoms with van der Waals surface area (Å²) in [7, 11) is 1.70. The number of thiocarbonyl (C=S) groups is 1. The van der Waals surface area contributed by atoms with Gasteiger partial charge < -0.3 is 11.1 Å². The van der Waals surface area contributed by atoms with Gasteiger partial charge in [0.1, 0.15) is 4.99 Å². The lowest BCUT2D eigenvalue weighted by Crippen LogP contribution is -2.12. The van der Waals surface area contributed by atoms with Gasteiger partial charge in [0.2, 0.25) is 0 Å².